The van der Waals surface area contributed by atoms with Crippen LogP contribution in [0.3, 0.4) is 0 Å². The standard InChI is InChI=1S/C16H13ClFN3/c1-2-19-15-12-8-7-10(17)9-14(12)20-16(21-15)11-5-3-4-6-13(11)18/h3-9H,2H2,1H3,(H,19,20,21). The summed E-state index contributed by atoms with van der Waals surface area (Å²) in [5.41, 5.74) is 1.06. The van der Waals surface area contributed by atoms with Crippen molar-refractivity contribution in [3.63, 3.8) is 0 Å². The Balaban J connectivity index is 2.27. The second-order valence-electron chi connectivity index (χ2n) is 4.57. The molecular formula is C16H13ClFN3. The molecule has 3 rings (SSSR count). The van der Waals surface area contributed by atoms with Crippen molar-refractivity contribution in [3.05, 3.63) is 53.3 Å². The number of nitrogens with zero attached hydrogens (tertiary/aromatic N) is 2. The second-order valence-corrected chi connectivity index (χ2v) is 5.00. The van der Waals surface area contributed by atoms with Crippen molar-refractivity contribution in [1.29, 1.82) is 0 Å². The van der Waals surface area contributed by atoms with Crippen LogP contribution in [0.4, 0.5) is 10.2 Å². The van der Waals surface area contributed by atoms with Gasteiger partial charge in [0, 0.05) is 17.0 Å². The maximum Gasteiger partial charge on any atom is 0.165 e. The number of hydrogen-bond acceptors (Lipinski definition) is 3. The van der Waals surface area contributed by atoms with Gasteiger partial charge in [-0.05, 0) is 37.3 Å². The molecule has 0 unspecified atom stereocenters. The highest BCUT2D eigenvalue weighted by molar-refractivity contribution is 6.31. The van der Waals surface area contributed by atoms with Gasteiger partial charge in [-0.15, -0.1) is 0 Å². The Morgan fingerprint density at radius 1 is 1.14 bits per heavy atom. The van der Waals surface area contributed by atoms with Crippen LogP contribution in [0.2, 0.25) is 5.02 Å². The Kier molecular flexibility index (Phi) is 3.71. The van der Waals surface area contributed by atoms with Gasteiger partial charge in [0.05, 0.1) is 11.1 Å². The van der Waals surface area contributed by atoms with E-state index in [4.69, 9.17) is 11.6 Å². The SMILES string of the molecule is CCNc1nc(-c2ccccc2F)nc2cc(Cl)ccc12. The molecule has 0 aliphatic carbocycles. The Hall–Kier alpha value is -2.20. The highest BCUT2D eigenvalue weighted by atomic mass is 35.5. The minimum Gasteiger partial charge on any atom is -0.370 e. The molecule has 0 bridgehead atoms. The van der Waals surface area contributed by atoms with E-state index in [0.717, 1.165) is 5.39 Å². The van der Waals surface area contributed by atoms with Gasteiger partial charge in [0.2, 0.25) is 0 Å². The number of anilines is 1. The quantitative estimate of drug-likeness (QED) is 0.773. The van der Waals surface area contributed by atoms with Crippen LogP contribution in [-0.4, -0.2) is 16.5 Å². The maximum absolute atomic E-state index is 13.9. The third kappa shape index (κ3) is 2.67. The van der Waals surface area contributed by atoms with Crippen molar-refractivity contribution in [2.75, 3.05) is 11.9 Å². The molecule has 1 aromatic heterocycles. The minimum atomic E-state index is -0.346. The van der Waals surface area contributed by atoms with Crippen LogP contribution in [0.25, 0.3) is 22.3 Å². The van der Waals surface area contributed by atoms with E-state index in [2.05, 4.69) is 15.3 Å². The molecule has 0 amide bonds. The third-order valence-electron chi connectivity index (χ3n) is 3.12. The maximum atomic E-state index is 13.9. The normalized spacial score (nSPS) is 10.8. The lowest BCUT2D eigenvalue weighted by atomic mass is 10.1. The van der Waals surface area contributed by atoms with Crippen LogP contribution in [-0.2, 0) is 0 Å². The van der Waals surface area contributed by atoms with Crippen LogP contribution >= 0.6 is 11.6 Å². The summed E-state index contributed by atoms with van der Waals surface area (Å²) in [4.78, 5) is 8.88. The summed E-state index contributed by atoms with van der Waals surface area (Å²) in [6.07, 6.45) is 0. The molecule has 0 atom stereocenters. The van der Waals surface area contributed by atoms with Gasteiger partial charge in [0.15, 0.2) is 5.82 Å². The average molecular weight is 302 g/mol. The van der Waals surface area contributed by atoms with E-state index in [-0.39, 0.29) is 5.82 Å². The molecular weight excluding hydrogens is 289 g/mol. The Morgan fingerprint density at radius 2 is 1.95 bits per heavy atom. The third-order valence-corrected chi connectivity index (χ3v) is 3.35. The zero-order valence-corrected chi connectivity index (χ0v) is 12.2. The van der Waals surface area contributed by atoms with Crippen LogP contribution < -0.4 is 5.32 Å². The minimum absolute atomic E-state index is 0.346. The first-order valence-corrected chi connectivity index (χ1v) is 7.03. The number of fused-ring (bicyclic) bond motifs is 1. The molecule has 21 heavy (non-hydrogen) atoms. The zero-order chi connectivity index (χ0) is 14.8. The van der Waals surface area contributed by atoms with Crippen molar-refractivity contribution in [3.8, 4) is 11.4 Å². The molecule has 3 aromatic rings. The predicted molar refractivity (Wildman–Crippen MR) is 84.1 cm³/mol. The van der Waals surface area contributed by atoms with Crippen LogP contribution in [0.15, 0.2) is 42.5 Å². The van der Waals surface area contributed by atoms with E-state index in [1.807, 2.05) is 13.0 Å². The fourth-order valence-electron chi connectivity index (χ4n) is 2.17. The summed E-state index contributed by atoms with van der Waals surface area (Å²) < 4.78 is 13.9. The van der Waals surface area contributed by atoms with Crippen molar-refractivity contribution in [2.24, 2.45) is 0 Å². The molecule has 1 heterocycles. The first kappa shape index (κ1) is 13.8. The summed E-state index contributed by atoms with van der Waals surface area (Å²) in [6.45, 7) is 2.69. The van der Waals surface area contributed by atoms with Gasteiger partial charge in [-0.25, -0.2) is 14.4 Å². The van der Waals surface area contributed by atoms with Crippen LogP contribution in [0, 0.1) is 5.82 Å². The van der Waals surface area contributed by atoms with E-state index in [1.165, 1.54) is 6.07 Å². The average Bonchev–Trinajstić information content (AvgIpc) is 2.47. The molecule has 0 aliphatic rings. The van der Waals surface area contributed by atoms with E-state index in [1.54, 1.807) is 30.3 Å². The van der Waals surface area contributed by atoms with Crippen molar-refractivity contribution in [2.45, 2.75) is 6.92 Å². The highest BCUT2D eigenvalue weighted by Crippen LogP contribution is 2.28. The van der Waals surface area contributed by atoms with E-state index in [9.17, 15) is 4.39 Å². The summed E-state index contributed by atoms with van der Waals surface area (Å²) in [5, 5.41) is 4.63. The van der Waals surface area contributed by atoms with Gasteiger partial charge in [0.1, 0.15) is 11.6 Å². The van der Waals surface area contributed by atoms with Gasteiger partial charge < -0.3 is 5.32 Å². The molecule has 3 nitrogen and oxygen atoms in total. The van der Waals surface area contributed by atoms with Crippen molar-refractivity contribution >= 4 is 28.3 Å². The second kappa shape index (κ2) is 5.66. The lowest BCUT2D eigenvalue weighted by Crippen LogP contribution is -2.03. The lowest BCUT2D eigenvalue weighted by molar-refractivity contribution is 0.630. The molecule has 0 fully saturated rings. The zero-order valence-electron chi connectivity index (χ0n) is 11.4. The molecule has 0 spiro atoms. The molecule has 106 valence electrons. The predicted octanol–water partition coefficient (Wildman–Crippen LogP) is 4.52. The van der Waals surface area contributed by atoms with Crippen LogP contribution in [0.5, 0.6) is 0 Å². The number of halogens is 2. The van der Waals surface area contributed by atoms with E-state index >= 15 is 0 Å². The van der Waals surface area contributed by atoms with Crippen LogP contribution in [0.1, 0.15) is 6.92 Å². The smallest absolute Gasteiger partial charge is 0.165 e. The summed E-state index contributed by atoms with van der Waals surface area (Å²) >= 11 is 6.02. The lowest BCUT2D eigenvalue weighted by Gasteiger charge is -2.10. The molecule has 0 saturated carbocycles. The highest BCUT2D eigenvalue weighted by Gasteiger charge is 2.12. The first-order chi connectivity index (χ1) is 10.2. The summed E-state index contributed by atoms with van der Waals surface area (Å²) in [5.74, 6) is 0.678. The fourth-order valence-corrected chi connectivity index (χ4v) is 2.33. The first-order valence-electron chi connectivity index (χ1n) is 6.65. The Bertz CT molecular complexity index is 805. The summed E-state index contributed by atoms with van der Waals surface area (Å²) in [6, 6.07) is 11.9. The van der Waals surface area contributed by atoms with Crippen molar-refractivity contribution < 1.29 is 4.39 Å². The monoisotopic (exact) mass is 301 g/mol. The molecule has 5 heteroatoms. The van der Waals surface area contributed by atoms with Gasteiger partial charge in [-0.2, -0.15) is 0 Å². The number of benzene rings is 2. The number of nitrogens with one attached hydrogen (secondary N) is 1. The van der Waals surface area contributed by atoms with Gasteiger partial charge >= 0.3 is 0 Å². The molecule has 0 radical (unpaired) electrons. The van der Waals surface area contributed by atoms with E-state index in [0.29, 0.717) is 34.3 Å². The topological polar surface area (TPSA) is 37.8 Å². The molecule has 2 aromatic carbocycles. The van der Waals surface area contributed by atoms with E-state index < -0.39 is 0 Å². The largest absolute Gasteiger partial charge is 0.370 e. The van der Waals surface area contributed by atoms with Gasteiger partial charge in [0.25, 0.3) is 0 Å². The Morgan fingerprint density at radius 3 is 2.71 bits per heavy atom. The summed E-state index contributed by atoms with van der Waals surface area (Å²) in [7, 11) is 0. The number of rotatable bonds is 3. The molecule has 0 aliphatic heterocycles. The number of hydrogen-bond donors (Lipinski definition) is 1. The van der Waals surface area contributed by atoms with Crippen molar-refractivity contribution in [1.82, 2.24) is 9.97 Å². The fraction of sp³-hybridized carbons (Fsp3) is 0.125. The van der Waals surface area contributed by atoms with Gasteiger partial charge in [-0.1, -0.05) is 23.7 Å². The molecule has 1 N–H and O–H groups in total. The Labute approximate surface area is 126 Å². The number of aromatic nitrogens is 2. The molecule has 0 saturated heterocycles. The van der Waals surface area contributed by atoms with Gasteiger partial charge in [-0.3, -0.25) is 0 Å².